The average molecular weight is 374 g/mol. The molecular weight excluding hydrogens is 348 g/mol. The van der Waals surface area contributed by atoms with Crippen molar-refractivity contribution in [2.75, 3.05) is 6.61 Å². The van der Waals surface area contributed by atoms with Crippen LogP contribution in [0.1, 0.15) is 43.5 Å². The Kier molecular flexibility index (Phi) is 6.05. The molecule has 2 aromatic rings. The van der Waals surface area contributed by atoms with Crippen molar-refractivity contribution >= 4 is 5.97 Å². The monoisotopic (exact) mass is 374 g/mol. The molecule has 2 N–H and O–H groups in total. The van der Waals surface area contributed by atoms with Gasteiger partial charge in [-0.15, -0.1) is 5.10 Å². The van der Waals surface area contributed by atoms with E-state index in [4.69, 9.17) is 9.84 Å². The Morgan fingerprint density at radius 1 is 1.37 bits per heavy atom. The largest absolute Gasteiger partial charge is 0.489 e. The number of aliphatic hydroxyl groups is 1. The molecule has 0 aromatic carbocycles. The Labute approximate surface area is 158 Å². The fourth-order valence-corrected chi connectivity index (χ4v) is 3.56. The lowest BCUT2D eigenvalue weighted by atomic mass is 9.87. The number of aryl methyl sites for hydroxylation is 2. The third-order valence-corrected chi connectivity index (χ3v) is 5.06. The Hall–Kier alpha value is -2.48. The maximum atomic E-state index is 11.2. The summed E-state index contributed by atoms with van der Waals surface area (Å²) in [5, 5.41) is 26.6. The smallest absolute Gasteiger partial charge is 0.306 e. The molecule has 2 heterocycles. The standard InChI is InChI=1S/C19H26N4O4/c1-12-17(27-14-6-3-5-13(11-14)19(25)26)9-8-15(20-12)18-16(7-4-10-24)23(2)22-21-18/h8-9,13-14,24H,3-7,10-11H2,1-2H3,(H,25,26)/t13-,14-/m0/s1. The van der Waals surface area contributed by atoms with Crippen molar-refractivity contribution in [1.29, 1.82) is 0 Å². The van der Waals surface area contributed by atoms with Crippen molar-refractivity contribution in [3.05, 3.63) is 23.5 Å². The van der Waals surface area contributed by atoms with Gasteiger partial charge in [0.25, 0.3) is 0 Å². The second kappa shape index (κ2) is 8.47. The summed E-state index contributed by atoms with van der Waals surface area (Å²) in [5.41, 5.74) is 3.10. The van der Waals surface area contributed by atoms with E-state index in [-0.39, 0.29) is 18.6 Å². The molecule has 1 aliphatic carbocycles. The molecule has 1 aliphatic rings. The lowest BCUT2D eigenvalue weighted by Gasteiger charge is -2.27. The number of carboxylic acids is 1. The highest BCUT2D eigenvalue weighted by molar-refractivity contribution is 5.70. The van der Waals surface area contributed by atoms with Crippen molar-refractivity contribution in [3.8, 4) is 17.1 Å². The molecule has 146 valence electrons. The van der Waals surface area contributed by atoms with E-state index in [0.29, 0.717) is 42.8 Å². The number of aliphatic hydroxyl groups excluding tert-OH is 1. The van der Waals surface area contributed by atoms with Gasteiger partial charge in [-0.05, 0) is 57.6 Å². The normalized spacial score (nSPS) is 19.8. The molecule has 27 heavy (non-hydrogen) atoms. The predicted molar refractivity (Wildman–Crippen MR) is 98.4 cm³/mol. The van der Waals surface area contributed by atoms with Gasteiger partial charge >= 0.3 is 5.97 Å². The van der Waals surface area contributed by atoms with Crippen LogP contribution in [-0.4, -0.2) is 48.9 Å². The van der Waals surface area contributed by atoms with E-state index in [1.807, 2.05) is 26.1 Å². The molecule has 0 radical (unpaired) electrons. The molecule has 0 unspecified atom stereocenters. The lowest BCUT2D eigenvalue weighted by Crippen LogP contribution is -2.29. The number of carboxylic acid groups (broad SMARTS) is 1. The molecular formula is C19H26N4O4. The highest BCUT2D eigenvalue weighted by Gasteiger charge is 2.28. The first-order chi connectivity index (χ1) is 13.0. The van der Waals surface area contributed by atoms with Gasteiger partial charge in [0.15, 0.2) is 0 Å². The Morgan fingerprint density at radius 2 is 2.19 bits per heavy atom. The summed E-state index contributed by atoms with van der Waals surface area (Å²) in [7, 11) is 1.83. The van der Waals surface area contributed by atoms with Gasteiger partial charge in [0.2, 0.25) is 0 Å². The molecule has 8 heteroatoms. The third-order valence-electron chi connectivity index (χ3n) is 5.06. The van der Waals surface area contributed by atoms with E-state index in [1.165, 1.54) is 0 Å². The zero-order chi connectivity index (χ0) is 19.4. The molecule has 3 rings (SSSR count). The highest BCUT2D eigenvalue weighted by atomic mass is 16.5. The molecule has 8 nitrogen and oxygen atoms in total. The van der Waals surface area contributed by atoms with Crippen LogP contribution in [0, 0.1) is 12.8 Å². The molecule has 2 aromatic heterocycles. The number of hydrogen-bond acceptors (Lipinski definition) is 6. The van der Waals surface area contributed by atoms with Gasteiger partial charge in [-0.25, -0.2) is 4.98 Å². The highest BCUT2D eigenvalue weighted by Crippen LogP contribution is 2.30. The first-order valence-corrected chi connectivity index (χ1v) is 9.36. The zero-order valence-electron chi connectivity index (χ0n) is 15.8. The maximum absolute atomic E-state index is 11.2. The van der Waals surface area contributed by atoms with Crippen LogP contribution < -0.4 is 4.74 Å². The van der Waals surface area contributed by atoms with Crippen LogP contribution in [0.2, 0.25) is 0 Å². The number of pyridine rings is 1. The van der Waals surface area contributed by atoms with Crippen LogP contribution in [0.4, 0.5) is 0 Å². The van der Waals surface area contributed by atoms with Crippen LogP contribution in [0.15, 0.2) is 12.1 Å². The fraction of sp³-hybridized carbons (Fsp3) is 0.579. The Balaban J connectivity index is 1.76. The Bertz CT molecular complexity index is 805. The number of carbonyl (C=O) groups is 1. The van der Waals surface area contributed by atoms with Crippen molar-refractivity contribution in [1.82, 2.24) is 20.0 Å². The van der Waals surface area contributed by atoms with E-state index < -0.39 is 5.97 Å². The lowest BCUT2D eigenvalue weighted by molar-refractivity contribution is -0.143. The zero-order valence-corrected chi connectivity index (χ0v) is 15.8. The van der Waals surface area contributed by atoms with Gasteiger partial charge in [0.1, 0.15) is 11.4 Å². The third kappa shape index (κ3) is 4.44. The van der Waals surface area contributed by atoms with Crippen LogP contribution in [0.5, 0.6) is 5.75 Å². The van der Waals surface area contributed by atoms with Crippen molar-refractivity contribution in [2.45, 2.75) is 51.6 Å². The van der Waals surface area contributed by atoms with Crippen molar-refractivity contribution in [3.63, 3.8) is 0 Å². The van der Waals surface area contributed by atoms with E-state index in [2.05, 4.69) is 15.3 Å². The number of ether oxygens (including phenoxy) is 1. The summed E-state index contributed by atoms with van der Waals surface area (Å²) in [6.45, 7) is 1.99. The van der Waals surface area contributed by atoms with E-state index in [1.54, 1.807) is 4.68 Å². The maximum Gasteiger partial charge on any atom is 0.306 e. The molecule has 1 saturated carbocycles. The number of hydrogen-bond donors (Lipinski definition) is 2. The summed E-state index contributed by atoms with van der Waals surface area (Å²) in [4.78, 5) is 15.9. The van der Waals surface area contributed by atoms with Gasteiger partial charge in [-0.2, -0.15) is 0 Å². The average Bonchev–Trinajstić information content (AvgIpc) is 3.02. The van der Waals surface area contributed by atoms with Gasteiger partial charge in [0, 0.05) is 13.7 Å². The van der Waals surface area contributed by atoms with E-state index in [9.17, 15) is 9.90 Å². The number of aliphatic carboxylic acids is 1. The minimum atomic E-state index is -0.744. The van der Waals surface area contributed by atoms with Gasteiger partial charge in [-0.3, -0.25) is 9.48 Å². The molecule has 2 atom stereocenters. The second-order valence-electron chi connectivity index (χ2n) is 7.06. The summed E-state index contributed by atoms with van der Waals surface area (Å²) in [6, 6.07) is 3.72. The van der Waals surface area contributed by atoms with E-state index >= 15 is 0 Å². The summed E-state index contributed by atoms with van der Waals surface area (Å²) < 4.78 is 7.77. The van der Waals surface area contributed by atoms with Gasteiger partial charge in [0.05, 0.1) is 29.1 Å². The van der Waals surface area contributed by atoms with Gasteiger partial charge < -0.3 is 14.9 Å². The second-order valence-corrected chi connectivity index (χ2v) is 7.06. The van der Waals surface area contributed by atoms with Crippen LogP contribution in [-0.2, 0) is 18.3 Å². The fourth-order valence-electron chi connectivity index (χ4n) is 3.56. The quantitative estimate of drug-likeness (QED) is 0.764. The molecule has 0 spiro atoms. The first kappa shape index (κ1) is 19.3. The molecule has 0 bridgehead atoms. The van der Waals surface area contributed by atoms with Gasteiger partial charge in [-0.1, -0.05) is 5.21 Å². The van der Waals surface area contributed by atoms with Crippen LogP contribution in [0.3, 0.4) is 0 Å². The predicted octanol–water partition coefficient (Wildman–Crippen LogP) is 2.13. The molecule has 0 aliphatic heterocycles. The summed E-state index contributed by atoms with van der Waals surface area (Å²) in [6.07, 6.45) is 4.19. The number of aromatic nitrogens is 4. The number of nitrogens with zero attached hydrogens (tertiary/aromatic N) is 4. The summed E-state index contributed by atoms with van der Waals surface area (Å²) >= 11 is 0. The topological polar surface area (TPSA) is 110 Å². The van der Waals surface area contributed by atoms with Crippen LogP contribution >= 0.6 is 0 Å². The number of rotatable bonds is 7. The first-order valence-electron chi connectivity index (χ1n) is 9.36. The van der Waals surface area contributed by atoms with Crippen molar-refractivity contribution in [2.24, 2.45) is 13.0 Å². The molecule has 0 saturated heterocycles. The molecule has 0 amide bonds. The molecule has 1 fully saturated rings. The van der Waals surface area contributed by atoms with Crippen LogP contribution in [0.25, 0.3) is 11.4 Å². The minimum Gasteiger partial charge on any atom is -0.489 e. The minimum absolute atomic E-state index is 0.0946. The van der Waals surface area contributed by atoms with Crippen molar-refractivity contribution < 1.29 is 19.7 Å². The Morgan fingerprint density at radius 3 is 2.89 bits per heavy atom. The van der Waals surface area contributed by atoms with E-state index in [0.717, 1.165) is 24.2 Å². The SMILES string of the molecule is Cc1nc(-c2nnn(C)c2CCCO)ccc1O[C@H]1CCC[C@H](C(=O)O)C1. The summed E-state index contributed by atoms with van der Waals surface area (Å²) in [5.74, 6) is -0.396.